The van der Waals surface area contributed by atoms with Crippen molar-refractivity contribution in [3.05, 3.63) is 89.5 Å². The fourth-order valence-electron chi connectivity index (χ4n) is 3.57. The Morgan fingerprint density at radius 1 is 1.00 bits per heavy atom. The molecule has 1 atom stereocenters. The molecule has 0 heterocycles. The normalized spacial score (nSPS) is 11.6. The van der Waals surface area contributed by atoms with E-state index in [4.69, 9.17) is 10.5 Å². The molecule has 8 heteroatoms. The van der Waals surface area contributed by atoms with E-state index in [2.05, 4.69) is 16.7 Å². The quantitative estimate of drug-likeness (QED) is 0.457. The molecule has 0 fully saturated rings. The Hall–Kier alpha value is -4.64. The first-order chi connectivity index (χ1) is 17.1. The van der Waals surface area contributed by atoms with Gasteiger partial charge in [-0.2, -0.15) is 5.26 Å². The average molecular weight is 485 g/mol. The topological polar surface area (TPSA) is 134 Å². The number of rotatable bonds is 7. The molecule has 0 unspecified atom stereocenters. The van der Waals surface area contributed by atoms with E-state index >= 15 is 0 Å². The molecule has 3 rings (SSSR count). The van der Waals surface area contributed by atoms with Crippen LogP contribution in [-0.4, -0.2) is 29.6 Å². The number of hydrogen-bond acceptors (Lipinski definition) is 5. The number of nitrogens with one attached hydrogen (secondary N) is 2. The summed E-state index contributed by atoms with van der Waals surface area (Å²) in [6, 6.07) is 21.9. The molecule has 3 aromatic rings. The van der Waals surface area contributed by atoms with Gasteiger partial charge in [0.1, 0.15) is 11.6 Å². The van der Waals surface area contributed by atoms with Crippen LogP contribution in [0.4, 0.5) is 10.5 Å². The summed E-state index contributed by atoms with van der Waals surface area (Å²) in [7, 11) is 0. The first kappa shape index (κ1) is 26.0. The lowest BCUT2D eigenvalue weighted by Gasteiger charge is -2.23. The van der Waals surface area contributed by atoms with Crippen LogP contribution in [0.15, 0.2) is 72.8 Å². The Bertz CT molecular complexity index is 1300. The van der Waals surface area contributed by atoms with Gasteiger partial charge >= 0.3 is 6.09 Å². The van der Waals surface area contributed by atoms with Crippen LogP contribution in [-0.2, 0) is 16.0 Å². The zero-order chi connectivity index (χ0) is 26.3. The van der Waals surface area contributed by atoms with Crippen molar-refractivity contribution in [2.75, 3.05) is 5.32 Å². The predicted molar refractivity (Wildman–Crippen MR) is 137 cm³/mol. The third kappa shape index (κ3) is 7.18. The maximum atomic E-state index is 13.2. The van der Waals surface area contributed by atoms with Crippen LogP contribution in [0.2, 0.25) is 0 Å². The fraction of sp³-hybridized carbons (Fsp3) is 0.214. The summed E-state index contributed by atoms with van der Waals surface area (Å²) in [6.45, 7) is 5.20. The molecule has 0 saturated carbocycles. The molecule has 0 radical (unpaired) electrons. The highest BCUT2D eigenvalue weighted by molar-refractivity contribution is 6.00. The molecule has 0 aromatic heterocycles. The Labute approximate surface area is 210 Å². The van der Waals surface area contributed by atoms with Crippen molar-refractivity contribution in [3.8, 4) is 17.2 Å². The second-order valence-electron chi connectivity index (χ2n) is 9.19. The number of benzene rings is 3. The van der Waals surface area contributed by atoms with Gasteiger partial charge in [-0.05, 0) is 67.8 Å². The van der Waals surface area contributed by atoms with Crippen LogP contribution in [0.5, 0.6) is 0 Å². The highest BCUT2D eigenvalue weighted by Crippen LogP contribution is 2.25. The summed E-state index contributed by atoms with van der Waals surface area (Å²) in [6.07, 6.45) is -0.567. The Balaban J connectivity index is 1.80. The van der Waals surface area contributed by atoms with Crippen molar-refractivity contribution in [2.24, 2.45) is 5.73 Å². The summed E-state index contributed by atoms with van der Waals surface area (Å²) >= 11 is 0. The van der Waals surface area contributed by atoms with Crippen molar-refractivity contribution < 1.29 is 19.1 Å². The van der Waals surface area contributed by atoms with Gasteiger partial charge in [-0.25, -0.2) is 4.79 Å². The summed E-state index contributed by atoms with van der Waals surface area (Å²) < 4.78 is 5.33. The van der Waals surface area contributed by atoms with E-state index in [1.54, 1.807) is 87.5 Å². The average Bonchev–Trinajstić information content (AvgIpc) is 2.83. The third-order valence-corrected chi connectivity index (χ3v) is 5.16. The van der Waals surface area contributed by atoms with Crippen LogP contribution in [0, 0.1) is 11.3 Å². The van der Waals surface area contributed by atoms with Gasteiger partial charge in [0.05, 0.1) is 11.6 Å². The van der Waals surface area contributed by atoms with Gasteiger partial charge in [-0.1, -0.05) is 42.5 Å². The number of anilines is 1. The standard InChI is InChI=1S/C28H28N4O4/c1-28(2,3)36-27(35)32-24(16-18-7-6-8-19(15-18)17-29)26(34)31-21-13-11-20(12-14-21)22-9-4-5-10-23(22)25(30)33/h4-15,24H,16H2,1-3H3,(H2,30,33)(H,31,34)(H,32,35)/t24-/m0/s1. The van der Waals surface area contributed by atoms with E-state index in [0.717, 1.165) is 5.56 Å². The van der Waals surface area contributed by atoms with Crippen LogP contribution in [0.25, 0.3) is 11.1 Å². The Morgan fingerprint density at radius 2 is 1.69 bits per heavy atom. The minimum absolute atomic E-state index is 0.157. The zero-order valence-electron chi connectivity index (χ0n) is 20.4. The predicted octanol–water partition coefficient (Wildman–Crippen LogP) is 4.40. The first-order valence-electron chi connectivity index (χ1n) is 11.3. The zero-order valence-corrected chi connectivity index (χ0v) is 20.4. The monoisotopic (exact) mass is 484 g/mol. The minimum atomic E-state index is -0.955. The van der Waals surface area contributed by atoms with Gasteiger partial charge < -0.3 is 21.1 Å². The number of ether oxygens (including phenoxy) is 1. The van der Waals surface area contributed by atoms with Crippen molar-refractivity contribution in [1.29, 1.82) is 5.26 Å². The van der Waals surface area contributed by atoms with E-state index in [1.807, 2.05) is 6.07 Å². The molecule has 4 N–H and O–H groups in total. The van der Waals surface area contributed by atoms with E-state index in [9.17, 15) is 19.6 Å². The van der Waals surface area contributed by atoms with Crippen molar-refractivity contribution in [3.63, 3.8) is 0 Å². The number of alkyl carbamates (subject to hydrolysis) is 1. The highest BCUT2D eigenvalue weighted by Gasteiger charge is 2.25. The number of nitrogens with zero attached hydrogens (tertiary/aromatic N) is 1. The van der Waals surface area contributed by atoms with Crippen LogP contribution in [0.3, 0.4) is 0 Å². The number of primary amides is 1. The number of nitrogens with two attached hydrogens (primary N) is 1. The number of nitriles is 1. The van der Waals surface area contributed by atoms with Gasteiger partial charge in [-0.15, -0.1) is 0 Å². The lowest BCUT2D eigenvalue weighted by molar-refractivity contribution is -0.118. The number of carbonyl (C=O) groups is 3. The first-order valence-corrected chi connectivity index (χ1v) is 11.3. The molecule has 0 saturated heterocycles. The molecule has 0 aliphatic rings. The maximum Gasteiger partial charge on any atom is 0.408 e. The van der Waals surface area contributed by atoms with Gasteiger partial charge in [-0.3, -0.25) is 9.59 Å². The summed E-state index contributed by atoms with van der Waals surface area (Å²) in [5, 5.41) is 14.6. The molecule has 0 aliphatic carbocycles. The van der Waals surface area contributed by atoms with Crippen molar-refractivity contribution in [1.82, 2.24) is 5.32 Å². The van der Waals surface area contributed by atoms with Gasteiger partial charge in [0.15, 0.2) is 0 Å². The molecule has 36 heavy (non-hydrogen) atoms. The molecule has 3 amide bonds. The smallest absolute Gasteiger partial charge is 0.408 e. The molecular formula is C28H28N4O4. The molecule has 0 bridgehead atoms. The second-order valence-corrected chi connectivity index (χ2v) is 9.19. The number of carbonyl (C=O) groups excluding carboxylic acids is 3. The van der Waals surface area contributed by atoms with E-state index in [1.165, 1.54) is 0 Å². The largest absolute Gasteiger partial charge is 0.444 e. The van der Waals surface area contributed by atoms with E-state index in [-0.39, 0.29) is 6.42 Å². The van der Waals surface area contributed by atoms with Gasteiger partial charge in [0.2, 0.25) is 11.8 Å². The van der Waals surface area contributed by atoms with Crippen LogP contribution < -0.4 is 16.4 Å². The SMILES string of the molecule is CC(C)(C)OC(=O)N[C@@H](Cc1cccc(C#N)c1)C(=O)Nc1ccc(-c2ccccc2C(N)=O)cc1. The minimum Gasteiger partial charge on any atom is -0.444 e. The number of hydrogen-bond donors (Lipinski definition) is 3. The summed E-state index contributed by atoms with van der Waals surface area (Å²) in [4.78, 5) is 37.3. The fourth-order valence-corrected chi connectivity index (χ4v) is 3.57. The van der Waals surface area contributed by atoms with Crippen LogP contribution in [0.1, 0.15) is 42.3 Å². The van der Waals surface area contributed by atoms with Gasteiger partial charge in [0, 0.05) is 17.7 Å². The summed E-state index contributed by atoms with van der Waals surface area (Å²) in [5.41, 5.74) is 8.26. The number of amides is 3. The maximum absolute atomic E-state index is 13.2. The molecule has 184 valence electrons. The Kier molecular flexibility index (Phi) is 8.07. The molecular weight excluding hydrogens is 456 g/mol. The van der Waals surface area contributed by atoms with Crippen molar-refractivity contribution >= 4 is 23.6 Å². The summed E-state index contributed by atoms with van der Waals surface area (Å²) in [5.74, 6) is -0.979. The lowest BCUT2D eigenvalue weighted by atomic mass is 9.99. The second kappa shape index (κ2) is 11.2. The molecule has 0 spiro atoms. The lowest BCUT2D eigenvalue weighted by Crippen LogP contribution is -2.47. The third-order valence-electron chi connectivity index (χ3n) is 5.16. The highest BCUT2D eigenvalue weighted by atomic mass is 16.6. The van der Waals surface area contributed by atoms with E-state index in [0.29, 0.717) is 27.9 Å². The van der Waals surface area contributed by atoms with Gasteiger partial charge in [0.25, 0.3) is 0 Å². The molecule has 0 aliphatic heterocycles. The molecule has 8 nitrogen and oxygen atoms in total. The van der Waals surface area contributed by atoms with Crippen LogP contribution >= 0.6 is 0 Å². The van der Waals surface area contributed by atoms with Crippen molar-refractivity contribution in [2.45, 2.75) is 38.8 Å². The van der Waals surface area contributed by atoms with E-state index < -0.39 is 29.6 Å². The Morgan fingerprint density at radius 3 is 2.33 bits per heavy atom. The molecule has 3 aromatic carbocycles.